The Labute approximate surface area is 196 Å². The lowest BCUT2D eigenvalue weighted by Gasteiger charge is -2.29. The molecule has 3 N–H and O–H groups in total. The lowest BCUT2D eigenvalue weighted by Crippen LogP contribution is -2.31. The number of aromatic nitrogens is 3. The monoisotopic (exact) mass is 448 g/mol. The Morgan fingerprint density at radius 2 is 1.85 bits per heavy atom. The molecule has 176 valence electrons. The first-order valence-corrected chi connectivity index (χ1v) is 11.9. The lowest BCUT2D eigenvalue weighted by molar-refractivity contribution is 0.101. The molecule has 0 atom stereocenters. The van der Waals surface area contributed by atoms with E-state index in [4.69, 9.17) is 9.97 Å². The molecule has 0 unspecified atom stereocenters. The summed E-state index contributed by atoms with van der Waals surface area (Å²) in [5.74, 6) is 2.47. The third kappa shape index (κ3) is 5.19. The van der Waals surface area contributed by atoms with Crippen molar-refractivity contribution in [2.45, 2.75) is 59.0 Å². The number of fused-ring (bicyclic) bond motifs is 1. The highest BCUT2D eigenvalue weighted by atomic mass is 16.1. The smallest absolute Gasteiger partial charge is 0.225 e. The first-order chi connectivity index (χ1) is 15.8. The van der Waals surface area contributed by atoms with Gasteiger partial charge in [-0.25, -0.2) is 4.98 Å². The average Bonchev–Trinajstić information content (AvgIpc) is 3.07. The highest BCUT2D eigenvalue weighted by Gasteiger charge is 2.22. The summed E-state index contributed by atoms with van der Waals surface area (Å²) < 4.78 is 0. The molecule has 0 radical (unpaired) electrons. The Bertz CT molecular complexity index is 1130. The Hall–Kier alpha value is -2.93. The number of anilines is 2. The molecule has 0 bridgehead atoms. The van der Waals surface area contributed by atoms with Crippen molar-refractivity contribution >= 4 is 28.5 Å². The van der Waals surface area contributed by atoms with Crippen LogP contribution < -0.4 is 15.5 Å². The summed E-state index contributed by atoms with van der Waals surface area (Å²) in [6.45, 7) is 7.41. The van der Waals surface area contributed by atoms with Gasteiger partial charge in [0.2, 0.25) is 5.95 Å². The molecular formula is C26H36N6O. The van der Waals surface area contributed by atoms with Gasteiger partial charge in [-0.05, 0) is 76.6 Å². The van der Waals surface area contributed by atoms with Crippen LogP contribution in [-0.4, -0.2) is 47.4 Å². The predicted octanol–water partition coefficient (Wildman–Crippen LogP) is 4.60. The Kier molecular flexibility index (Phi) is 6.98. The van der Waals surface area contributed by atoms with E-state index in [1.165, 1.54) is 12.8 Å². The van der Waals surface area contributed by atoms with Gasteiger partial charge in [-0.3, -0.25) is 4.79 Å². The van der Waals surface area contributed by atoms with Gasteiger partial charge in [0.15, 0.2) is 5.78 Å². The predicted molar refractivity (Wildman–Crippen MR) is 135 cm³/mol. The van der Waals surface area contributed by atoms with E-state index in [2.05, 4.69) is 21.7 Å². The minimum Gasteiger partial charge on any atom is -0.362 e. The van der Waals surface area contributed by atoms with Gasteiger partial charge in [0.05, 0.1) is 5.52 Å². The zero-order valence-corrected chi connectivity index (χ0v) is 20.5. The zero-order valence-electron chi connectivity index (χ0n) is 20.5. The molecule has 0 saturated heterocycles. The lowest BCUT2D eigenvalue weighted by atomic mass is 9.86. The number of hydrogen-bond acceptors (Lipinski definition) is 6. The van der Waals surface area contributed by atoms with Crippen LogP contribution in [0.2, 0.25) is 0 Å². The van der Waals surface area contributed by atoms with Crippen molar-refractivity contribution < 1.29 is 4.79 Å². The number of Topliss-reactive ketones (excluding diaryl/α,β-unsaturated/α-hetero) is 1. The first kappa shape index (κ1) is 23.2. The fourth-order valence-corrected chi connectivity index (χ4v) is 5.08. The van der Waals surface area contributed by atoms with Crippen LogP contribution in [0.1, 0.15) is 59.9 Å². The van der Waals surface area contributed by atoms with Crippen LogP contribution in [0.25, 0.3) is 10.9 Å². The molecule has 7 heteroatoms. The van der Waals surface area contributed by atoms with E-state index in [1.807, 2.05) is 51.0 Å². The number of carbonyl (C=O) groups excluding carboxylic acids is 1. The van der Waals surface area contributed by atoms with Crippen molar-refractivity contribution in [2.24, 2.45) is 5.92 Å². The molecule has 0 aliphatic heterocycles. The molecule has 4 rings (SSSR count). The highest BCUT2D eigenvalue weighted by molar-refractivity contribution is 5.97. The summed E-state index contributed by atoms with van der Waals surface area (Å²) in [5, 5.41) is 8.27. The maximum Gasteiger partial charge on any atom is 0.225 e. The third-order valence-corrected chi connectivity index (χ3v) is 6.81. The van der Waals surface area contributed by atoms with Crippen LogP contribution in [0.5, 0.6) is 0 Å². The fraction of sp³-hybridized carbons (Fsp3) is 0.500. The summed E-state index contributed by atoms with van der Waals surface area (Å²) in [6, 6.07) is 8.58. The quantitative estimate of drug-likeness (QED) is 0.437. The molecule has 0 spiro atoms. The van der Waals surface area contributed by atoms with Gasteiger partial charge in [-0.15, -0.1) is 0 Å². The van der Waals surface area contributed by atoms with Gasteiger partial charge < -0.3 is 20.5 Å². The average molecular weight is 449 g/mol. The van der Waals surface area contributed by atoms with Crippen LogP contribution in [-0.2, 0) is 6.54 Å². The number of aryl methyl sites for hydroxylation is 1. The molecule has 1 aliphatic rings. The van der Waals surface area contributed by atoms with Crippen LogP contribution in [0.3, 0.4) is 0 Å². The maximum absolute atomic E-state index is 11.8. The molecule has 3 aromatic rings. The first-order valence-electron chi connectivity index (χ1n) is 11.9. The van der Waals surface area contributed by atoms with Gasteiger partial charge in [-0.1, -0.05) is 12.1 Å². The molecular weight excluding hydrogens is 412 g/mol. The van der Waals surface area contributed by atoms with Crippen molar-refractivity contribution in [2.75, 3.05) is 30.9 Å². The minimum absolute atomic E-state index is 0.131. The summed E-state index contributed by atoms with van der Waals surface area (Å²) in [4.78, 5) is 26.8. The van der Waals surface area contributed by atoms with Crippen LogP contribution in [0.4, 0.5) is 11.8 Å². The Morgan fingerprint density at radius 1 is 1.12 bits per heavy atom. The largest absolute Gasteiger partial charge is 0.362 e. The second kappa shape index (κ2) is 9.91. The molecule has 1 aliphatic carbocycles. The van der Waals surface area contributed by atoms with E-state index in [0.717, 1.165) is 71.1 Å². The number of benzene rings is 1. The normalized spacial score (nSPS) is 18.5. The second-order valence-electron chi connectivity index (χ2n) is 9.56. The molecule has 7 nitrogen and oxygen atoms in total. The van der Waals surface area contributed by atoms with Gasteiger partial charge in [0, 0.05) is 49.0 Å². The highest BCUT2D eigenvalue weighted by Crippen LogP contribution is 2.28. The molecule has 2 heterocycles. The standard InChI is InChI=1S/C26H36N6O/c1-16-23(28-17(2)24(16)18(3)33)15-27-14-19-10-12-20(13-11-19)29-26-30-22-9-7-6-8-21(22)25(31-26)32(4)5/h6-9,19-20,27-28H,10-15H2,1-5H3,(H,29,30,31)/t19-,20+. The van der Waals surface area contributed by atoms with Gasteiger partial charge in [-0.2, -0.15) is 4.98 Å². The Balaban J connectivity index is 1.29. The molecule has 1 saturated carbocycles. The van der Waals surface area contributed by atoms with Crippen molar-refractivity contribution in [3.8, 4) is 0 Å². The van der Waals surface area contributed by atoms with E-state index in [-0.39, 0.29) is 5.78 Å². The summed E-state index contributed by atoms with van der Waals surface area (Å²) in [6.07, 6.45) is 4.60. The van der Waals surface area contributed by atoms with E-state index < -0.39 is 0 Å². The minimum atomic E-state index is 0.131. The van der Waals surface area contributed by atoms with E-state index in [0.29, 0.717) is 12.0 Å². The number of H-pyrrole nitrogens is 1. The number of nitrogens with one attached hydrogen (secondary N) is 3. The molecule has 1 aromatic carbocycles. The Morgan fingerprint density at radius 3 is 2.52 bits per heavy atom. The zero-order chi connectivity index (χ0) is 23.5. The topological polar surface area (TPSA) is 85.9 Å². The fourth-order valence-electron chi connectivity index (χ4n) is 5.08. The van der Waals surface area contributed by atoms with E-state index >= 15 is 0 Å². The maximum atomic E-state index is 11.8. The molecule has 1 fully saturated rings. The number of para-hydroxylation sites is 1. The van der Waals surface area contributed by atoms with E-state index in [9.17, 15) is 4.79 Å². The van der Waals surface area contributed by atoms with Gasteiger partial charge in [0.1, 0.15) is 5.82 Å². The van der Waals surface area contributed by atoms with Crippen molar-refractivity contribution in [1.29, 1.82) is 0 Å². The molecule has 33 heavy (non-hydrogen) atoms. The van der Waals surface area contributed by atoms with Crippen molar-refractivity contribution in [3.05, 3.63) is 46.8 Å². The number of ketones is 1. The van der Waals surface area contributed by atoms with Crippen molar-refractivity contribution in [1.82, 2.24) is 20.3 Å². The summed E-state index contributed by atoms with van der Waals surface area (Å²) >= 11 is 0. The molecule has 0 amide bonds. The SMILES string of the molecule is CC(=O)c1c(C)[nH]c(CNC[C@H]2CC[C@@H](Nc3nc(N(C)C)c4ccccc4n3)CC2)c1C. The summed E-state index contributed by atoms with van der Waals surface area (Å²) in [7, 11) is 4.04. The van der Waals surface area contributed by atoms with Crippen LogP contribution in [0, 0.1) is 19.8 Å². The van der Waals surface area contributed by atoms with Crippen LogP contribution >= 0.6 is 0 Å². The summed E-state index contributed by atoms with van der Waals surface area (Å²) in [5.41, 5.74) is 4.98. The number of hydrogen-bond donors (Lipinski definition) is 3. The third-order valence-electron chi connectivity index (χ3n) is 6.81. The number of carbonyl (C=O) groups is 1. The van der Waals surface area contributed by atoms with Gasteiger partial charge >= 0.3 is 0 Å². The second-order valence-corrected chi connectivity index (χ2v) is 9.56. The number of nitrogens with zero attached hydrogens (tertiary/aromatic N) is 3. The van der Waals surface area contributed by atoms with Crippen molar-refractivity contribution in [3.63, 3.8) is 0 Å². The molecule has 2 aromatic heterocycles. The number of rotatable bonds is 8. The van der Waals surface area contributed by atoms with Gasteiger partial charge in [0.25, 0.3) is 0 Å². The number of aromatic amines is 1. The van der Waals surface area contributed by atoms with Crippen LogP contribution in [0.15, 0.2) is 24.3 Å². The van der Waals surface area contributed by atoms with E-state index in [1.54, 1.807) is 6.92 Å².